The van der Waals surface area contributed by atoms with Crippen LogP contribution in [0.3, 0.4) is 0 Å². The summed E-state index contributed by atoms with van der Waals surface area (Å²) in [6, 6.07) is 42.8. The van der Waals surface area contributed by atoms with E-state index in [4.69, 9.17) is 7.85 Å². The first kappa shape index (κ1) is 17.8. The van der Waals surface area contributed by atoms with Crippen LogP contribution in [0.2, 0.25) is 0 Å². The van der Waals surface area contributed by atoms with E-state index in [2.05, 4.69) is 115 Å². The summed E-state index contributed by atoms with van der Waals surface area (Å²) in [5.41, 5.74) is 1.05. The van der Waals surface area contributed by atoms with Gasteiger partial charge in [-0.15, -0.1) is 5.56 Å². The lowest BCUT2D eigenvalue weighted by molar-refractivity contribution is 1.33. The maximum absolute atomic E-state index is 7.12. The lowest BCUT2D eigenvalue weighted by Crippen LogP contribution is -2.35. The second kappa shape index (κ2) is 7.95. The Bertz CT molecular complexity index is 873. The van der Waals surface area contributed by atoms with Gasteiger partial charge in [0.05, 0.1) is 7.26 Å². The van der Waals surface area contributed by atoms with Gasteiger partial charge in [-0.25, -0.2) is 0 Å². The normalized spacial score (nSPS) is 12.5. The van der Waals surface area contributed by atoms with Crippen molar-refractivity contribution in [1.29, 1.82) is 0 Å². The molecular formula is C25H21BP. The van der Waals surface area contributed by atoms with Gasteiger partial charge in [0.2, 0.25) is 0 Å². The first-order valence-corrected chi connectivity index (χ1v) is 11.1. The van der Waals surface area contributed by atoms with Gasteiger partial charge in [-0.3, -0.25) is 0 Å². The molecule has 0 saturated heterocycles. The lowest BCUT2D eigenvalue weighted by Gasteiger charge is -2.41. The molecule has 4 aromatic rings. The molecule has 0 saturated carbocycles. The third kappa shape index (κ3) is 3.24. The van der Waals surface area contributed by atoms with Crippen LogP contribution < -0.4 is 15.9 Å². The summed E-state index contributed by atoms with van der Waals surface area (Å²) in [7, 11) is 5.03. The summed E-state index contributed by atoms with van der Waals surface area (Å²) < 4.78 is 0. The van der Waals surface area contributed by atoms with Crippen molar-refractivity contribution in [3.63, 3.8) is 0 Å². The maximum Gasteiger partial charge on any atom is 0.101 e. The fraction of sp³-hybridized carbons (Fsp3) is 0.0400. The molecule has 1 unspecified atom stereocenters. The topological polar surface area (TPSA) is 0 Å². The number of hydrogen-bond donors (Lipinski definition) is 0. The van der Waals surface area contributed by atoms with Gasteiger partial charge in [-0.2, -0.15) is 0 Å². The van der Waals surface area contributed by atoms with Crippen molar-refractivity contribution in [3.05, 3.63) is 127 Å². The van der Waals surface area contributed by atoms with Crippen LogP contribution in [0.5, 0.6) is 0 Å². The van der Waals surface area contributed by atoms with Crippen LogP contribution in [0.15, 0.2) is 121 Å². The zero-order valence-electron chi connectivity index (χ0n) is 15.1. The van der Waals surface area contributed by atoms with E-state index in [-0.39, 0.29) is 5.56 Å². The van der Waals surface area contributed by atoms with Crippen LogP contribution in [-0.4, -0.2) is 7.85 Å². The maximum atomic E-state index is 7.12. The zero-order chi connectivity index (χ0) is 18.5. The Morgan fingerprint density at radius 3 is 1.07 bits per heavy atom. The van der Waals surface area contributed by atoms with Crippen molar-refractivity contribution in [2.75, 3.05) is 0 Å². The largest absolute Gasteiger partial charge is 0.558 e. The molecule has 2 heteroatoms. The van der Waals surface area contributed by atoms with Crippen LogP contribution in [0.1, 0.15) is 11.1 Å². The summed E-state index contributed by atoms with van der Waals surface area (Å²) in [6.45, 7) is 0. The van der Waals surface area contributed by atoms with Crippen molar-refractivity contribution in [2.45, 2.75) is 5.56 Å². The molecule has 4 rings (SSSR count). The Kier molecular flexibility index (Phi) is 5.23. The average molecular weight is 363 g/mol. The quantitative estimate of drug-likeness (QED) is 0.351. The molecule has 0 aliphatic rings. The molecule has 0 nitrogen and oxygen atoms in total. The number of hydrogen-bond acceptors (Lipinski definition) is 0. The minimum Gasteiger partial charge on any atom is -0.558 e. The molecule has 0 spiro atoms. The van der Waals surface area contributed by atoms with Crippen molar-refractivity contribution < 1.29 is 0 Å². The van der Waals surface area contributed by atoms with Crippen LogP contribution in [0.25, 0.3) is 0 Å². The van der Waals surface area contributed by atoms with Crippen molar-refractivity contribution >= 4 is 31.0 Å². The lowest BCUT2D eigenvalue weighted by atomic mass is 9.96. The van der Waals surface area contributed by atoms with Crippen molar-refractivity contribution in [2.24, 2.45) is 0 Å². The summed E-state index contributed by atoms with van der Waals surface area (Å²) in [6.07, 6.45) is 0. The van der Waals surface area contributed by atoms with E-state index in [1.807, 2.05) is 6.07 Å². The summed E-state index contributed by atoms with van der Waals surface area (Å²) in [4.78, 5) is 0. The predicted octanol–water partition coefficient (Wildman–Crippen LogP) is 4.85. The highest BCUT2D eigenvalue weighted by Crippen LogP contribution is 2.65. The van der Waals surface area contributed by atoms with Gasteiger partial charge in [0.25, 0.3) is 0 Å². The molecule has 0 aliphatic carbocycles. The Morgan fingerprint density at radius 2 is 0.741 bits per heavy atom. The zero-order valence-corrected chi connectivity index (χ0v) is 16.0. The third-order valence-corrected chi connectivity index (χ3v) is 9.52. The smallest absolute Gasteiger partial charge is 0.101 e. The van der Waals surface area contributed by atoms with E-state index < -0.39 is 7.26 Å². The monoisotopic (exact) mass is 363 g/mol. The fourth-order valence-electron chi connectivity index (χ4n) is 3.79. The molecule has 0 amide bonds. The summed E-state index contributed by atoms with van der Waals surface area (Å²) in [5.74, 6) is 0. The first-order valence-electron chi connectivity index (χ1n) is 9.19. The fourth-order valence-corrected chi connectivity index (χ4v) is 8.20. The molecule has 0 heterocycles. The Hall–Kier alpha value is -2.63. The Morgan fingerprint density at radius 1 is 0.444 bits per heavy atom. The summed E-state index contributed by atoms with van der Waals surface area (Å²) in [5, 5.41) is 3.91. The molecule has 0 fully saturated rings. The average Bonchev–Trinajstić information content (AvgIpc) is 2.77. The van der Waals surface area contributed by atoms with E-state index >= 15 is 0 Å². The van der Waals surface area contributed by atoms with Crippen LogP contribution in [0.4, 0.5) is 0 Å². The molecule has 4 aromatic carbocycles. The molecule has 3 radical (unpaired) electrons. The number of benzene rings is 4. The molecule has 0 N–H and O–H groups in total. The second-order valence-corrected chi connectivity index (χ2v) is 10.1. The third-order valence-electron chi connectivity index (χ3n) is 5.05. The van der Waals surface area contributed by atoms with Gasteiger partial charge in [-0.1, -0.05) is 90.5 Å². The van der Waals surface area contributed by atoms with Crippen molar-refractivity contribution in [3.8, 4) is 0 Å². The predicted molar refractivity (Wildman–Crippen MR) is 120 cm³/mol. The molecule has 0 aliphatic heterocycles. The van der Waals surface area contributed by atoms with Crippen LogP contribution >= 0.6 is 7.26 Å². The summed E-state index contributed by atoms with van der Waals surface area (Å²) >= 11 is 0. The van der Waals surface area contributed by atoms with E-state index in [1.165, 1.54) is 21.5 Å². The van der Waals surface area contributed by atoms with Gasteiger partial charge in [0.1, 0.15) is 15.9 Å². The van der Waals surface area contributed by atoms with Gasteiger partial charge in [0, 0.05) is 0 Å². The van der Waals surface area contributed by atoms with Gasteiger partial charge < -0.3 is 7.85 Å². The highest BCUT2D eigenvalue weighted by Gasteiger charge is 2.44. The highest BCUT2D eigenvalue weighted by molar-refractivity contribution is 7.96. The molecule has 1 atom stereocenters. The molecule has 27 heavy (non-hydrogen) atoms. The van der Waals surface area contributed by atoms with Crippen molar-refractivity contribution in [1.82, 2.24) is 0 Å². The second-order valence-electron chi connectivity index (χ2n) is 6.58. The highest BCUT2D eigenvalue weighted by atomic mass is 31.2. The van der Waals surface area contributed by atoms with Gasteiger partial charge >= 0.3 is 0 Å². The SMILES string of the molecule is [B-]C(c1ccccc1)[P+](c1ccccc1)(c1ccccc1)c1ccccc1. The molecule has 0 aromatic heterocycles. The Balaban J connectivity index is 2.07. The first-order chi connectivity index (χ1) is 13.3. The molecule has 129 valence electrons. The molecule has 0 bridgehead atoms. The van der Waals surface area contributed by atoms with E-state index in [9.17, 15) is 0 Å². The van der Waals surface area contributed by atoms with Crippen LogP contribution in [0, 0.1) is 0 Å². The van der Waals surface area contributed by atoms with E-state index in [1.54, 1.807) is 0 Å². The van der Waals surface area contributed by atoms with E-state index in [0.29, 0.717) is 0 Å². The number of rotatable bonds is 5. The standard InChI is InChI=1S/C25H21BP/c26-25(21-13-5-1-6-14-21)27(22-15-7-2-8-16-22,23-17-9-3-10-18-23)24-19-11-4-12-20-24/h1-20,25H. The van der Waals surface area contributed by atoms with E-state index in [0.717, 1.165) is 0 Å². The van der Waals surface area contributed by atoms with Gasteiger partial charge in [-0.05, 0) is 36.4 Å². The molecular weight excluding hydrogens is 342 g/mol. The minimum atomic E-state index is -2.09. The van der Waals surface area contributed by atoms with Crippen LogP contribution in [-0.2, 0) is 0 Å². The minimum absolute atomic E-state index is 0.120. The Labute approximate surface area is 163 Å². The van der Waals surface area contributed by atoms with Gasteiger partial charge in [0.15, 0.2) is 0 Å².